The molecule has 0 spiro atoms. The number of hydrogen-bond donors (Lipinski definition) is 1. The summed E-state index contributed by atoms with van der Waals surface area (Å²) in [5, 5.41) is 8.01. The van der Waals surface area contributed by atoms with Crippen molar-refractivity contribution < 1.29 is 0 Å². The van der Waals surface area contributed by atoms with Crippen LogP contribution < -0.4 is 5.32 Å². The van der Waals surface area contributed by atoms with Gasteiger partial charge in [-0.05, 0) is 43.9 Å². The van der Waals surface area contributed by atoms with Gasteiger partial charge < -0.3 is 10.2 Å². The third-order valence-corrected chi connectivity index (χ3v) is 4.58. The molecule has 5 heteroatoms. The van der Waals surface area contributed by atoms with Crippen molar-refractivity contribution in [3.05, 3.63) is 52.8 Å². The van der Waals surface area contributed by atoms with E-state index in [9.17, 15) is 0 Å². The van der Waals surface area contributed by atoms with Crippen LogP contribution in [0.3, 0.4) is 0 Å². The molecular weight excluding hydrogens is 298 g/mol. The molecule has 1 aliphatic heterocycles. The predicted molar refractivity (Wildman–Crippen MR) is 98.2 cm³/mol. The summed E-state index contributed by atoms with van der Waals surface area (Å²) in [5.74, 6) is 0.998. The number of aryl methyl sites for hydroxylation is 3. The van der Waals surface area contributed by atoms with E-state index in [-0.39, 0.29) is 0 Å². The monoisotopic (exact) mass is 325 g/mol. The molecule has 0 aliphatic carbocycles. The fraction of sp³-hybridized carbons (Fsp3) is 0.474. The van der Waals surface area contributed by atoms with Crippen LogP contribution in [0.2, 0.25) is 0 Å². The van der Waals surface area contributed by atoms with Gasteiger partial charge in [0.25, 0.3) is 0 Å². The maximum absolute atomic E-state index is 4.51. The molecule has 1 N–H and O–H groups in total. The van der Waals surface area contributed by atoms with Gasteiger partial charge in [0.15, 0.2) is 5.96 Å². The van der Waals surface area contributed by atoms with Gasteiger partial charge in [0.1, 0.15) is 0 Å². The van der Waals surface area contributed by atoms with Crippen molar-refractivity contribution in [3.8, 4) is 0 Å². The van der Waals surface area contributed by atoms with E-state index in [1.165, 1.54) is 16.8 Å². The van der Waals surface area contributed by atoms with Crippen LogP contribution in [0.5, 0.6) is 0 Å². The number of guanidine groups is 1. The molecule has 0 amide bonds. The van der Waals surface area contributed by atoms with Crippen molar-refractivity contribution in [1.29, 1.82) is 0 Å². The first-order chi connectivity index (χ1) is 11.7. The van der Waals surface area contributed by atoms with Gasteiger partial charge in [0, 0.05) is 38.9 Å². The van der Waals surface area contributed by atoms with Gasteiger partial charge in [-0.2, -0.15) is 5.10 Å². The van der Waals surface area contributed by atoms with E-state index < -0.39 is 0 Å². The van der Waals surface area contributed by atoms with Crippen molar-refractivity contribution in [2.75, 3.05) is 20.1 Å². The summed E-state index contributed by atoms with van der Waals surface area (Å²) in [5.41, 5.74) is 5.19. The zero-order valence-corrected chi connectivity index (χ0v) is 14.9. The Morgan fingerprint density at radius 3 is 2.75 bits per heavy atom. The molecule has 0 saturated heterocycles. The zero-order valence-electron chi connectivity index (χ0n) is 14.9. The molecule has 0 fully saturated rings. The Morgan fingerprint density at radius 1 is 1.25 bits per heavy atom. The summed E-state index contributed by atoms with van der Waals surface area (Å²) in [6.45, 7) is 7.95. The van der Waals surface area contributed by atoms with Crippen molar-refractivity contribution in [3.63, 3.8) is 0 Å². The van der Waals surface area contributed by atoms with Crippen molar-refractivity contribution in [2.45, 2.75) is 39.8 Å². The highest BCUT2D eigenvalue weighted by atomic mass is 15.3. The lowest BCUT2D eigenvalue weighted by Gasteiger charge is -2.31. The van der Waals surface area contributed by atoms with E-state index in [2.05, 4.69) is 62.2 Å². The third kappa shape index (κ3) is 3.78. The normalized spacial score (nSPS) is 14.6. The highest BCUT2D eigenvalue weighted by molar-refractivity contribution is 5.80. The van der Waals surface area contributed by atoms with E-state index in [1.807, 2.05) is 14.0 Å². The fourth-order valence-corrected chi connectivity index (χ4v) is 3.34. The SMILES string of the molecule is CN=C(NCCCn1nc(C)cc1C)N1CCc2ccccc2C1. The first-order valence-corrected chi connectivity index (χ1v) is 8.71. The van der Waals surface area contributed by atoms with Crippen molar-refractivity contribution in [2.24, 2.45) is 4.99 Å². The molecular formula is C19H27N5. The molecule has 2 aromatic rings. The second kappa shape index (κ2) is 7.51. The molecule has 1 aliphatic rings. The molecule has 3 rings (SSSR count). The van der Waals surface area contributed by atoms with Crippen LogP contribution in [0.1, 0.15) is 28.9 Å². The molecule has 0 atom stereocenters. The van der Waals surface area contributed by atoms with Crippen LogP contribution in [0, 0.1) is 13.8 Å². The molecule has 1 aromatic carbocycles. The lowest BCUT2D eigenvalue weighted by atomic mass is 10.0. The van der Waals surface area contributed by atoms with Gasteiger partial charge in [-0.25, -0.2) is 0 Å². The average Bonchev–Trinajstić information content (AvgIpc) is 2.92. The van der Waals surface area contributed by atoms with E-state index in [0.29, 0.717) is 0 Å². The number of nitrogens with zero attached hydrogens (tertiary/aromatic N) is 4. The predicted octanol–water partition coefficient (Wildman–Crippen LogP) is 2.52. The molecule has 5 nitrogen and oxygen atoms in total. The lowest BCUT2D eigenvalue weighted by Crippen LogP contribution is -2.44. The Balaban J connectivity index is 1.50. The second-order valence-corrected chi connectivity index (χ2v) is 6.42. The number of fused-ring (bicyclic) bond motifs is 1. The average molecular weight is 325 g/mol. The third-order valence-electron chi connectivity index (χ3n) is 4.58. The molecule has 0 saturated carbocycles. The number of aliphatic imine (C=N–C) groups is 1. The fourth-order valence-electron chi connectivity index (χ4n) is 3.34. The summed E-state index contributed by atoms with van der Waals surface area (Å²) < 4.78 is 2.08. The summed E-state index contributed by atoms with van der Waals surface area (Å²) in [4.78, 5) is 6.80. The van der Waals surface area contributed by atoms with Crippen molar-refractivity contribution >= 4 is 5.96 Å². The van der Waals surface area contributed by atoms with E-state index in [0.717, 1.165) is 50.7 Å². The molecule has 0 radical (unpaired) electrons. The molecule has 1 aromatic heterocycles. The van der Waals surface area contributed by atoms with Crippen LogP contribution in [0.15, 0.2) is 35.3 Å². The topological polar surface area (TPSA) is 45.5 Å². The number of aromatic nitrogens is 2. The zero-order chi connectivity index (χ0) is 16.9. The van der Waals surface area contributed by atoms with Gasteiger partial charge in [-0.15, -0.1) is 0 Å². The van der Waals surface area contributed by atoms with E-state index in [1.54, 1.807) is 0 Å². The maximum Gasteiger partial charge on any atom is 0.193 e. The minimum Gasteiger partial charge on any atom is -0.356 e. The Hall–Kier alpha value is -2.30. The summed E-state index contributed by atoms with van der Waals surface area (Å²) in [7, 11) is 1.86. The number of benzene rings is 1. The van der Waals surface area contributed by atoms with Crippen LogP contribution in [0.25, 0.3) is 0 Å². The van der Waals surface area contributed by atoms with Crippen LogP contribution in [0.4, 0.5) is 0 Å². The minimum atomic E-state index is 0.906. The van der Waals surface area contributed by atoms with Gasteiger partial charge in [-0.3, -0.25) is 9.67 Å². The number of rotatable bonds is 4. The molecule has 0 bridgehead atoms. The highest BCUT2D eigenvalue weighted by Crippen LogP contribution is 2.18. The Bertz CT molecular complexity index is 716. The van der Waals surface area contributed by atoms with Gasteiger partial charge in [-0.1, -0.05) is 24.3 Å². The maximum atomic E-state index is 4.51. The minimum absolute atomic E-state index is 0.906. The summed E-state index contributed by atoms with van der Waals surface area (Å²) in [6.07, 6.45) is 2.12. The Morgan fingerprint density at radius 2 is 2.04 bits per heavy atom. The second-order valence-electron chi connectivity index (χ2n) is 6.42. The smallest absolute Gasteiger partial charge is 0.193 e. The van der Waals surface area contributed by atoms with E-state index in [4.69, 9.17) is 0 Å². The lowest BCUT2D eigenvalue weighted by molar-refractivity contribution is 0.377. The van der Waals surface area contributed by atoms with Crippen LogP contribution >= 0.6 is 0 Å². The van der Waals surface area contributed by atoms with E-state index >= 15 is 0 Å². The molecule has 0 unspecified atom stereocenters. The first kappa shape index (κ1) is 16.6. The Labute approximate surface area is 144 Å². The van der Waals surface area contributed by atoms with Gasteiger partial charge in [0.05, 0.1) is 5.69 Å². The van der Waals surface area contributed by atoms with Crippen LogP contribution in [-0.4, -0.2) is 40.8 Å². The quantitative estimate of drug-likeness (QED) is 0.534. The highest BCUT2D eigenvalue weighted by Gasteiger charge is 2.18. The Kier molecular flexibility index (Phi) is 5.18. The van der Waals surface area contributed by atoms with Gasteiger partial charge >= 0.3 is 0 Å². The first-order valence-electron chi connectivity index (χ1n) is 8.71. The van der Waals surface area contributed by atoms with Crippen LogP contribution in [-0.2, 0) is 19.5 Å². The number of nitrogens with one attached hydrogen (secondary N) is 1. The summed E-state index contributed by atoms with van der Waals surface area (Å²) >= 11 is 0. The van der Waals surface area contributed by atoms with Gasteiger partial charge in [0.2, 0.25) is 0 Å². The largest absolute Gasteiger partial charge is 0.356 e. The molecule has 24 heavy (non-hydrogen) atoms. The number of hydrogen-bond acceptors (Lipinski definition) is 2. The standard InChI is InChI=1S/C19H27N5/c1-15-13-16(2)24(22-15)11-6-10-21-19(20-3)23-12-9-17-7-4-5-8-18(17)14-23/h4-5,7-8,13H,6,9-12,14H2,1-3H3,(H,20,21). The van der Waals surface area contributed by atoms with Crippen molar-refractivity contribution in [1.82, 2.24) is 20.0 Å². The molecule has 2 heterocycles. The molecule has 128 valence electrons. The summed E-state index contributed by atoms with van der Waals surface area (Å²) in [6, 6.07) is 10.8.